The quantitative estimate of drug-likeness (QED) is 0.854. The first-order valence-electron chi connectivity index (χ1n) is 6.26. The lowest BCUT2D eigenvalue weighted by atomic mass is 9.97. The molecule has 94 valence electrons. The molecule has 0 spiro atoms. The minimum atomic E-state index is -0.985. The van der Waals surface area contributed by atoms with Gasteiger partial charge in [0, 0.05) is 13.1 Å². The maximum absolute atomic E-state index is 14.0. The van der Waals surface area contributed by atoms with Gasteiger partial charge in [-0.1, -0.05) is 6.07 Å². The zero-order valence-corrected chi connectivity index (χ0v) is 10.5. The Kier molecular flexibility index (Phi) is 3.38. The van der Waals surface area contributed by atoms with Crippen molar-refractivity contribution in [3.8, 4) is 0 Å². The van der Waals surface area contributed by atoms with Crippen LogP contribution in [0.1, 0.15) is 38.7 Å². The molecule has 1 N–H and O–H groups in total. The fourth-order valence-electron chi connectivity index (χ4n) is 2.28. The van der Waals surface area contributed by atoms with E-state index >= 15 is 0 Å². The molecule has 3 heteroatoms. The number of piperidine rings is 1. The van der Waals surface area contributed by atoms with E-state index in [0.29, 0.717) is 11.3 Å². The van der Waals surface area contributed by atoms with Gasteiger partial charge in [0.25, 0.3) is 0 Å². The third kappa shape index (κ3) is 2.78. The van der Waals surface area contributed by atoms with E-state index < -0.39 is 5.60 Å². The fourth-order valence-corrected chi connectivity index (χ4v) is 2.28. The molecular weight excluding hydrogens is 217 g/mol. The van der Waals surface area contributed by atoms with Crippen LogP contribution in [-0.2, 0) is 5.60 Å². The molecule has 2 rings (SSSR count). The molecule has 0 aliphatic carbocycles. The van der Waals surface area contributed by atoms with Gasteiger partial charge in [0.15, 0.2) is 0 Å². The predicted molar refractivity (Wildman–Crippen MR) is 67.7 cm³/mol. The number of rotatable bonds is 2. The van der Waals surface area contributed by atoms with Crippen LogP contribution < -0.4 is 4.90 Å². The summed E-state index contributed by atoms with van der Waals surface area (Å²) in [5.41, 5.74) is 0.301. The van der Waals surface area contributed by atoms with Crippen molar-refractivity contribution in [3.05, 3.63) is 29.6 Å². The monoisotopic (exact) mass is 237 g/mol. The summed E-state index contributed by atoms with van der Waals surface area (Å²) in [6.45, 7) is 5.20. The summed E-state index contributed by atoms with van der Waals surface area (Å²) < 4.78 is 14.0. The molecule has 1 aliphatic heterocycles. The van der Waals surface area contributed by atoms with E-state index in [1.165, 1.54) is 12.5 Å². The topological polar surface area (TPSA) is 23.5 Å². The molecule has 1 aliphatic rings. The number of aliphatic hydroxyl groups is 1. The molecule has 0 atom stereocenters. The van der Waals surface area contributed by atoms with Gasteiger partial charge >= 0.3 is 0 Å². The molecule has 0 unspecified atom stereocenters. The Bertz CT molecular complexity index is 392. The molecule has 17 heavy (non-hydrogen) atoms. The molecule has 1 aromatic rings. The lowest BCUT2D eigenvalue weighted by molar-refractivity contribution is 0.0782. The first-order valence-corrected chi connectivity index (χ1v) is 6.26. The lowest BCUT2D eigenvalue weighted by Gasteiger charge is -2.29. The Morgan fingerprint density at radius 3 is 2.35 bits per heavy atom. The van der Waals surface area contributed by atoms with E-state index in [-0.39, 0.29) is 5.82 Å². The van der Waals surface area contributed by atoms with Crippen LogP contribution in [0.3, 0.4) is 0 Å². The molecule has 0 saturated carbocycles. The second kappa shape index (κ2) is 4.65. The zero-order valence-electron chi connectivity index (χ0n) is 10.5. The smallest absolute Gasteiger partial charge is 0.146 e. The molecule has 1 fully saturated rings. The highest BCUT2D eigenvalue weighted by molar-refractivity contribution is 5.50. The summed E-state index contributed by atoms with van der Waals surface area (Å²) in [6.07, 6.45) is 3.50. The van der Waals surface area contributed by atoms with Crippen LogP contribution >= 0.6 is 0 Å². The SMILES string of the molecule is CC(C)(O)c1ccc(N2CCCCC2)c(F)c1. The molecule has 0 amide bonds. The van der Waals surface area contributed by atoms with Gasteiger partial charge in [0.05, 0.1) is 11.3 Å². The van der Waals surface area contributed by atoms with E-state index in [2.05, 4.69) is 4.90 Å². The molecule has 0 bridgehead atoms. The largest absolute Gasteiger partial charge is 0.386 e. The van der Waals surface area contributed by atoms with Crippen LogP contribution in [-0.4, -0.2) is 18.2 Å². The third-order valence-electron chi connectivity index (χ3n) is 3.35. The Hall–Kier alpha value is -1.09. The van der Waals surface area contributed by atoms with Crippen molar-refractivity contribution in [1.82, 2.24) is 0 Å². The Balaban J connectivity index is 2.25. The van der Waals surface area contributed by atoms with Crippen molar-refractivity contribution in [1.29, 1.82) is 0 Å². The maximum atomic E-state index is 14.0. The first kappa shape index (κ1) is 12.4. The van der Waals surface area contributed by atoms with Crippen molar-refractivity contribution >= 4 is 5.69 Å². The first-order chi connectivity index (χ1) is 7.98. The van der Waals surface area contributed by atoms with Crippen LogP contribution in [0.5, 0.6) is 0 Å². The second-order valence-corrected chi connectivity index (χ2v) is 5.27. The van der Waals surface area contributed by atoms with Crippen LogP contribution in [0.4, 0.5) is 10.1 Å². The molecule has 0 aromatic heterocycles. The molecular formula is C14H20FNO. The minimum absolute atomic E-state index is 0.230. The van der Waals surface area contributed by atoms with Crippen molar-refractivity contribution < 1.29 is 9.50 Å². The van der Waals surface area contributed by atoms with Crippen LogP contribution in [0, 0.1) is 5.82 Å². The van der Waals surface area contributed by atoms with E-state index in [1.807, 2.05) is 6.07 Å². The second-order valence-electron chi connectivity index (χ2n) is 5.27. The lowest BCUT2D eigenvalue weighted by Crippen LogP contribution is -2.30. The summed E-state index contributed by atoms with van der Waals surface area (Å²) in [6, 6.07) is 5.05. The van der Waals surface area contributed by atoms with E-state index in [4.69, 9.17) is 0 Å². The summed E-state index contributed by atoms with van der Waals surface area (Å²) in [5, 5.41) is 9.83. The van der Waals surface area contributed by atoms with Crippen molar-refractivity contribution in [3.63, 3.8) is 0 Å². The van der Waals surface area contributed by atoms with Crippen molar-refractivity contribution in [2.45, 2.75) is 38.7 Å². The number of benzene rings is 1. The standard InChI is InChI=1S/C14H20FNO/c1-14(2,17)11-6-7-13(12(15)10-11)16-8-4-3-5-9-16/h6-7,10,17H,3-5,8-9H2,1-2H3. The van der Waals surface area contributed by atoms with Crippen LogP contribution in [0.25, 0.3) is 0 Å². The molecule has 2 nitrogen and oxygen atoms in total. The maximum Gasteiger partial charge on any atom is 0.146 e. The summed E-state index contributed by atoms with van der Waals surface area (Å²) in [4.78, 5) is 2.09. The number of hydrogen-bond donors (Lipinski definition) is 1. The number of hydrogen-bond acceptors (Lipinski definition) is 2. The van der Waals surface area contributed by atoms with Gasteiger partial charge in [-0.25, -0.2) is 4.39 Å². The highest BCUT2D eigenvalue weighted by Crippen LogP contribution is 2.28. The number of anilines is 1. The molecule has 1 saturated heterocycles. The highest BCUT2D eigenvalue weighted by atomic mass is 19.1. The summed E-state index contributed by atoms with van der Waals surface area (Å²) in [7, 11) is 0. The average Bonchev–Trinajstić information content (AvgIpc) is 2.29. The van der Waals surface area contributed by atoms with E-state index in [1.54, 1.807) is 19.9 Å². The Labute approximate surface area is 102 Å². The van der Waals surface area contributed by atoms with Gasteiger partial charge in [-0.05, 0) is 50.8 Å². The van der Waals surface area contributed by atoms with Crippen molar-refractivity contribution in [2.75, 3.05) is 18.0 Å². The Morgan fingerprint density at radius 1 is 1.18 bits per heavy atom. The minimum Gasteiger partial charge on any atom is -0.386 e. The predicted octanol–water partition coefficient (Wildman–Crippen LogP) is 3.04. The number of halogens is 1. The number of nitrogens with zero attached hydrogens (tertiary/aromatic N) is 1. The van der Waals surface area contributed by atoms with Crippen LogP contribution in [0.15, 0.2) is 18.2 Å². The fraction of sp³-hybridized carbons (Fsp3) is 0.571. The van der Waals surface area contributed by atoms with Gasteiger partial charge < -0.3 is 10.0 Å². The van der Waals surface area contributed by atoms with Gasteiger partial charge in [0.1, 0.15) is 5.82 Å². The van der Waals surface area contributed by atoms with Crippen LogP contribution in [0.2, 0.25) is 0 Å². The van der Waals surface area contributed by atoms with Crippen molar-refractivity contribution in [2.24, 2.45) is 0 Å². The third-order valence-corrected chi connectivity index (χ3v) is 3.35. The average molecular weight is 237 g/mol. The van der Waals surface area contributed by atoms with E-state index in [0.717, 1.165) is 25.9 Å². The normalized spacial score (nSPS) is 17.3. The highest BCUT2D eigenvalue weighted by Gasteiger charge is 2.20. The summed E-state index contributed by atoms with van der Waals surface area (Å²) >= 11 is 0. The Morgan fingerprint density at radius 2 is 1.82 bits per heavy atom. The zero-order chi connectivity index (χ0) is 12.5. The van der Waals surface area contributed by atoms with Gasteiger partial charge in [0.2, 0.25) is 0 Å². The molecule has 1 aromatic carbocycles. The van der Waals surface area contributed by atoms with Gasteiger partial charge in [-0.15, -0.1) is 0 Å². The molecule has 1 heterocycles. The molecule has 0 radical (unpaired) electrons. The van der Waals surface area contributed by atoms with Gasteiger partial charge in [-0.3, -0.25) is 0 Å². The van der Waals surface area contributed by atoms with Gasteiger partial charge in [-0.2, -0.15) is 0 Å². The summed E-state index contributed by atoms with van der Waals surface area (Å²) in [5.74, 6) is -0.230. The van der Waals surface area contributed by atoms with E-state index in [9.17, 15) is 9.50 Å².